The minimum Gasteiger partial charge on any atom is -0.495 e. The lowest BCUT2D eigenvalue weighted by Crippen LogP contribution is -2.50. The van der Waals surface area contributed by atoms with Crippen LogP contribution in [0.2, 0.25) is 0 Å². The van der Waals surface area contributed by atoms with Gasteiger partial charge in [0.2, 0.25) is 0 Å². The third-order valence-corrected chi connectivity index (χ3v) is 5.74. The first kappa shape index (κ1) is 18.7. The normalized spacial score (nSPS) is 16.5. The molecule has 2 aromatic carbocycles. The predicted octanol–water partition coefficient (Wildman–Crippen LogP) is 3.30. The number of anilines is 1. The Bertz CT molecular complexity index is 828. The summed E-state index contributed by atoms with van der Waals surface area (Å²) >= 11 is 0. The summed E-state index contributed by atoms with van der Waals surface area (Å²) in [5.41, 5.74) is 3.89. The van der Waals surface area contributed by atoms with Crippen LogP contribution >= 0.6 is 0 Å². The van der Waals surface area contributed by atoms with E-state index in [4.69, 9.17) is 9.47 Å². The molecule has 0 N–H and O–H groups in total. The summed E-state index contributed by atoms with van der Waals surface area (Å²) in [4.78, 5) is 16.7. The number of rotatable bonds is 5. The molecule has 4 rings (SSSR count). The number of nitrogens with zero attached hydrogens (tertiary/aromatic N) is 2. The van der Waals surface area contributed by atoms with E-state index in [1.54, 1.807) is 7.11 Å². The fourth-order valence-electron chi connectivity index (χ4n) is 4.12. The summed E-state index contributed by atoms with van der Waals surface area (Å²) in [7, 11) is 1.69. The second-order valence-corrected chi connectivity index (χ2v) is 7.47. The first-order chi connectivity index (χ1) is 13.7. The maximum absolute atomic E-state index is 12.6. The molecule has 1 fully saturated rings. The molecule has 0 unspecified atom stereocenters. The quantitative estimate of drug-likeness (QED) is 0.798. The number of fused-ring (bicyclic) bond motifs is 1. The highest BCUT2D eigenvalue weighted by Gasteiger charge is 2.23. The topological polar surface area (TPSA) is 42.0 Å². The van der Waals surface area contributed by atoms with Crippen molar-refractivity contribution in [2.45, 2.75) is 25.7 Å². The number of ether oxygens (including phenoxy) is 2. The van der Waals surface area contributed by atoms with E-state index in [0.717, 1.165) is 43.1 Å². The second kappa shape index (κ2) is 8.55. The second-order valence-electron chi connectivity index (χ2n) is 7.47. The van der Waals surface area contributed by atoms with Crippen molar-refractivity contribution in [2.24, 2.45) is 0 Å². The molecule has 0 atom stereocenters. The van der Waals surface area contributed by atoms with Crippen molar-refractivity contribution in [1.29, 1.82) is 0 Å². The number of carbonyl (C=O) groups is 1. The van der Waals surface area contributed by atoms with Crippen LogP contribution in [-0.2, 0) is 17.6 Å². The summed E-state index contributed by atoms with van der Waals surface area (Å²) in [6.07, 6.45) is 4.79. The average Bonchev–Trinajstić information content (AvgIpc) is 2.77. The molecule has 0 saturated carbocycles. The van der Waals surface area contributed by atoms with E-state index in [9.17, 15) is 4.79 Å². The zero-order chi connectivity index (χ0) is 19.3. The Balaban J connectivity index is 1.30. The van der Waals surface area contributed by atoms with Crippen molar-refractivity contribution in [2.75, 3.05) is 44.8 Å². The number of methoxy groups -OCH3 is 1. The van der Waals surface area contributed by atoms with Crippen LogP contribution in [0.15, 0.2) is 42.5 Å². The zero-order valence-electron chi connectivity index (χ0n) is 16.5. The molecule has 0 radical (unpaired) electrons. The first-order valence-electron chi connectivity index (χ1n) is 10.1. The number of carbonyl (C=O) groups excluding carboxylic acids is 1. The first-order valence-corrected chi connectivity index (χ1v) is 10.1. The Hall–Kier alpha value is -2.69. The van der Waals surface area contributed by atoms with Gasteiger partial charge in [-0.1, -0.05) is 18.2 Å². The van der Waals surface area contributed by atoms with Crippen molar-refractivity contribution in [3.05, 3.63) is 53.6 Å². The van der Waals surface area contributed by atoms with E-state index in [-0.39, 0.29) is 12.5 Å². The molecule has 5 heteroatoms. The predicted molar refractivity (Wildman–Crippen MR) is 110 cm³/mol. The van der Waals surface area contributed by atoms with Crippen LogP contribution in [0.25, 0.3) is 0 Å². The molecule has 1 aliphatic carbocycles. The molecule has 1 amide bonds. The summed E-state index contributed by atoms with van der Waals surface area (Å²) in [6.45, 7) is 3.10. The summed E-state index contributed by atoms with van der Waals surface area (Å²) < 4.78 is 11.3. The Morgan fingerprint density at radius 3 is 2.50 bits per heavy atom. The van der Waals surface area contributed by atoms with Crippen molar-refractivity contribution in [3.8, 4) is 11.5 Å². The van der Waals surface area contributed by atoms with Crippen LogP contribution in [0, 0.1) is 0 Å². The molecule has 0 spiro atoms. The molecular weight excluding hydrogens is 352 g/mol. The number of benzene rings is 2. The highest BCUT2D eigenvalue weighted by molar-refractivity contribution is 5.78. The lowest BCUT2D eigenvalue weighted by atomic mass is 9.92. The number of hydrogen-bond acceptors (Lipinski definition) is 4. The number of piperazine rings is 1. The number of para-hydroxylation sites is 2. The van der Waals surface area contributed by atoms with Gasteiger partial charge in [0, 0.05) is 26.2 Å². The molecular formula is C23H28N2O3. The van der Waals surface area contributed by atoms with Crippen LogP contribution < -0.4 is 14.4 Å². The maximum Gasteiger partial charge on any atom is 0.260 e. The molecule has 148 valence electrons. The number of amides is 1. The summed E-state index contributed by atoms with van der Waals surface area (Å²) in [5, 5.41) is 0. The van der Waals surface area contributed by atoms with E-state index in [1.807, 2.05) is 29.2 Å². The standard InChI is InChI=1S/C23H28N2O3/c1-27-22-9-5-4-8-21(22)24-12-14-25(15-13-24)23(26)17-28-20-11-10-18-6-2-3-7-19(18)16-20/h4-5,8-11,16H,2-3,6-7,12-15,17H2,1H3. The SMILES string of the molecule is COc1ccccc1N1CCN(C(=O)COc2ccc3c(c2)CCCC3)CC1. The van der Waals surface area contributed by atoms with Gasteiger partial charge in [0.05, 0.1) is 12.8 Å². The molecule has 1 saturated heterocycles. The Kier molecular flexibility index (Phi) is 5.70. The highest BCUT2D eigenvalue weighted by atomic mass is 16.5. The van der Waals surface area contributed by atoms with Gasteiger partial charge in [-0.25, -0.2) is 0 Å². The van der Waals surface area contributed by atoms with Gasteiger partial charge in [0.15, 0.2) is 6.61 Å². The average molecular weight is 380 g/mol. The van der Waals surface area contributed by atoms with Crippen LogP contribution in [0.5, 0.6) is 11.5 Å². The van der Waals surface area contributed by atoms with Crippen molar-refractivity contribution < 1.29 is 14.3 Å². The fourth-order valence-corrected chi connectivity index (χ4v) is 4.12. The van der Waals surface area contributed by atoms with Gasteiger partial charge in [-0.3, -0.25) is 4.79 Å². The third-order valence-electron chi connectivity index (χ3n) is 5.74. The van der Waals surface area contributed by atoms with E-state index < -0.39 is 0 Å². The van der Waals surface area contributed by atoms with Crippen LogP contribution in [0.4, 0.5) is 5.69 Å². The van der Waals surface area contributed by atoms with E-state index in [2.05, 4.69) is 23.1 Å². The lowest BCUT2D eigenvalue weighted by molar-refractivity contribution is -0.133. The Labute approximate surface area is 166 Å². The van der Waals surface area contributed by atoms with Gasteiger partial charge in [-0.15, -0.1) is 0 Å². The van der Waals surface area contributed by atoms with Crippen molar-refractivity contribution in [1.82, 2.24) is 4.90 Å². The molecule has 0 aromatic heterocycles. The van der Waals surface area contributed by atoms with Crippen LogP contribution in [0.3, 0.4) is 0 Å². The molecule has 2 aliphatic rings. The number of aryl methyl sites for hydroxylation is 2. The Morgan fingerprint density at radius 1 is 0.964 bits per heavy atom. The summed E-state index contributed by atoms with van der Waals surface area (Å²) in [6, 6.07) is 14.3. The van der Waals surface area contributed by atoms with Gasteiger partial charge < -0.3 is 19.3 Å². The van der Waals surface area contributed by atoms with Crippen LogP contribution in [0.1, 0.15) is 24.0 Å². The molecule has 2 aromatic rings. The number of hydrogen-bond donors (Lipinski definition) is 0. The third kappa shape index (κ3) is 4.08. The zero-order valence-corrected chi connectivity index (χ0v) is 16.5. The maximum atomic E-state index is 12.6. The minimum atomic E-state index is 0.0531. The molecule has 28 heavy (non-hydrogen) atoms. The molecule has 5 nitrogen and oxygen atoms in total. The Morgan fingerprint density at radius 2 is 1.71 bits per heavy atom. The highest BCUT2D eigenvalue weighted by Crippen LogP contribution is 2.28. The van der Waals surface area contributed by atoms with Gasteiger partial charge >= 0.3 is 0 Å². The lowest BCUT2D eigenvalue weighted by Gasteiger charge is -2.36. The largest absolute Gasteiger partial charge is 0.495 e. The van der Waals surface area contributed by atoms with Gasteiger partial charge in [0.1, 0.15) is 11.5 Å². The summed E-state index contributed by atoms with van der Waals surface area (Å²) in [5.74, 6) is 1.73. The van der Waals surface area contributed by atoms with Crippen LogP contribution in [-0.4, -0.2) is 50.7 Å². The van der Waals surface area contributed by atoms with E-state index in [1.165, 1.54) is 24.0 Å². The molecule has 1 aliphatic heterocycles. The van der Waals surface area contributed by atoms with Crippen molar-refractivity contribution >= 4 is 11.6 Å². The molecule has 0 bridgehead atoms. The van der Waals surface area contributed by atoms with Gasteiger partial charge in [-0.05, 0) is 61.1 Å². The van der Waals surface area contributed by atoms with Gasteiger partial charge in [-0.2, -0.15) is 0 Å². The smallest absolute Gasteiger partial charge is 0.260 e. The van der Waals surface area contributed by atoms with Crippen molar-refractivity contribution in [3.63, 3.8) is 0 Å². The minimum absolute atomic E-state index is 0.0531. The molecule has 1 heterocycles. The fraction of sp³-hybridized carbons (Fsp3) is 0.435. The van der Waals surface area contributed by atoms with E-state index >= 15 is 0 Å². The van der Waals surface area contributed by atoms with Gasteiger partial charge in [0.25, 0.3) is 5.91 Å². The monoisotopic (exact) mass is 380 g/mol. The van der Waals surface area contributed by atoms with E-state index in [0.29, 0.717) is 13.1 Å².